The van der Waals surface area contributed by atoms with Gasteiger partial charge in [0.15, 0.2) is 0 Å². The number of hydrogen-bond donors (Lipinski definition) is 0. The zero-order valence-electron chi connectivity index (χ0n) is 10.4. The summed E-state index contributed by atoms with van der Waals surface area (Å²) in [5.74, 6) is 0.644. The molecule has 1 atom stereocenters. The van der Waals surface area contributed by atoms with Gasteiger partial charge in [-0.3, -0.25) is 4.98 Å². The topological polar surface area (TPSA) is 12.9 Å². The molecular formula is C15H18ClN. The second-order valence-electron chi connectivity index (χ2n) is 4.92. The highest BCUT2D eigenvalue weighted by Crippen LogP contribution is 2.21. The van der Waals surface area contributed by atoms with Gasteiger partial charge in [-0.1, -0.05) is 32.0 Å². The van der Waals surface area contributed by atoms with Crippen LogP contribution >= 0.6 is 11.6 Å². The highest BCUT2D eigenvalue weighted by Gasteiger charge is 2.10. The summed E-state index contributed by atoms with van der Waals surface area (Å²) in [7, 11) is 0. The van der Waals surface area contributed by atoms with Crippen molar-refractivity contribution in [1.82, 2.24) is 4.98 Å². The quantitative estimate of drug-likeness (QED) is 0.729. The Morgan fingerprint density at radius 2 is 1.94 bits per heavy atom. The molecule has 0 saturated carbocycles. The molecule has 1 nitrogen and oxygen atoms in total. The van der Waals surface area contributed by atoms with Gasteiger partial charge in [-0.2, -0.15) is 0 Å². The third-order valence-electron chi connectivity index (χ3n) is 2.91. The van der Waals surface area contributed by atoms with E-state index in [2.05, 4.69) is 37.0 Å². The Morgan fingerprint density at radius 3 is 2.71 bits per heavy atom. The van der Waals surface area contributed by atoms with E-state index in [1.807, 2.05) is 18.3 Å². The molecule has 2 aromatic rings. The van der Waals surface area contributed by atoms with Crippen molar-refractivity contribution in [2.24, 2.45) is 5.92 Å². The molecule has 0 aliphatic rings. The van der Waals surface area contributed by atoms with Gasteiger partial charge in [0.2, 0.25) is 0 Å². The molecule has 0 radical (unpaired) electrons. The van der Waals surface area contributed by atoms with Crippen LogP contribution in [0.3, 0.4) is 0 Å². The second-order valence-corrected chi connectivity index (χ2v) is 5.54. The predicted molar refractivity (Wildman–Crippen MR) is 74.5 cm³/mol. The van der Waals surface area contributed by atoms with Crippen LogP contribution in [0.4, 0.5) is 0 Å². The lowest BCUT2D eigenvalue weighted by molar-refractivity contribution is 0.562. The molecule has 2 heteroatoms. The number of para-hydroxylation sites is 1. The summed E-state index contributed by atoms with van der Waals surface area (Å²) < 4.78 is 0. The maximum Gasteiger partial charge on any atom is 0.0704 e. The van der Waals surface area contributed by atoms with Crippen LogP contribution in [-0.4, -0.2) is 10.4 Å². The first-order valence-electron chi connectivity index (χ1n) is 6.13. The number of pyridine rings is 1. The molecule has 0 bridgehead atoms. The first-order valence-corrected chi connectivity index (χ1v) is 6.57. The molecule has 0 spiro atoms. The van der Waals surface area contributed by atoms with Crippen molar-refractivity contribution in [3.63, 3.8) is 0 Å². The molecule has 17 heavy (non-hydrogen) atoms. The summed E-state index contributed by atoms with van der Waals surface area (Å²) in [6.45, 7) is 4.42. The molecule has 0 aliphatic carbocycles. The minimum Gasteiger partial charge on any atom is -0.256 e. The van der Waals surface area contributed by atoms with Crippen LogP contribution in [0.25, 0.3) is 10.9 Å². The number of aromatic nitrogens is 1. The second kappa shape index (κ2) is 5.50. The van der Waals surface area contributed by atoms with Crippen molar-refractivity contribution >= 4 is 22.5 Å². The number of alkyl halides is 1. The van der Waals surface area contributed by atoms with Crippen molar-refractivity contribution in [1.29, 1.82) is 0 Å². The van der Waals surface area contributed by atoms with Gasteiger partial charge < -0.3 is 0 Å². The smallest absolute Gasteiger partial charge is 0.0704 e. The molecule has 2 rings (SSSR count). The van der Waals surface area contributed by atoms with Crippen LogP contribution in [0.1, 0.15) is 25.8 Å². The third kappa shape index (κ3) is 3.19. The largest absolute Gasteiger partial charge is 0.256 e. The number of rotatable bonds is 4. The van der Waals surface area contributed by atoms with E-state index in [1.54, 1.807) is 0 Å². The van der Waals surface area contributed by atoms with Crippen LogP contribution < -0.4 is 0 Å². The summed E-state index contributed by atoms with van der Waals surface area (Å²) in [5, 5.41) is 1.44. The lowest BCUT2D eigenvalue weighted by Gasteiger charge is -2.13. The minimum absolute atomic E-state index is 0.209. The zero-order valence-corrected chi connectivity index (χ0v) is 11.1. The van der Waals surface area contributed by atoms with Crippen LogP contribution in [-0.2, 0) is 6.42 Å². The number of hydrogen-bond acceptors (Lipinski definition) is 1. The number of fused-ring (bicyclic) bond motifs is 1. The van der Waals surface area contributed by atoms with Gasteiger partial charge in [-0.25, -0.2) is 0 Å². The standard InChI is InChI=1S/C15H18ClN/c1-11(2)9-13(16)10-12-7-8-17-15-6-4-3-5-14(12)15/h3-8,11,13H,9-10H2,1-2H3. The molecule has 1 heterocycles. The Balaban J connectivity index is 2.24. The fourth-order valence-corrected chi connectivity index (χ4v) is 2.69. The van der Waals surface area contributed by atoms with Crippen LogP contribution in [0, 0.1) is 5.92 Å². The molecule has 1 aromatic heterocycles. The van der Waals surface area contributed by atoms with Crippen LogP contribution in [0.5, 0.6) is 0 Å². The van der Waals surface area contributed by atoms with Crippen molar-refractivity contribution in [2.75, 3.05) is 0 Å². The molecule has 90 valence electrons. The number of halogens is 1. The van der Waals surface area contributed by atoms with Crippen molar-refractivity contribution < 1.29 is 0 Å². The lowest BCUT2D eigenvalue weighted by Crippen LogP contribution is -2.07. The third-order valence-corrected chi connectivity index (χ3v) is 3.24. The average Bonchev–Trinajstić information content (AvgIpc) is 2.28. The Labute approximate surface area is 108 Å². The van der Waals surface area contributed by atoms with Gasteiger partial charge in [0.1, 0.15) is 0 Å². The van der Waals surface area contributed by atoms with Gasteiger partial charge >= 0.3 is 0 Å². The molecule has 0 saturated heterocycles. The first kappa shape index (κ1) is 12.4. The highest BCUT2D eigenvalue weighted by atomic mass is 35.5. The number of benzene rings is 1. The lowest BCUT2D eigenvalue weighted by atomic mass is 9.99. The van der Waals surface area contributed by atoms with E-state index in [0.29, 0.717) is 5.92 Å². The average molecular weight is 248 g/mol. The van der Waals surface area contributed by atoms with E-state index in [4.69, 9.17) is 11.6 Å². The fraction of sp³-hybridized carbons (Fsp3) is 0.400. The highest BCUT2D eigenvalue weighted by molar-refractivity contribution is 6.20. The monoisotopic (exact) mass is 247 g/mol. The Bertz CT molecular complexity index is 488. The summed E-state index contributed by atoms with van der Waals surface area (Å²) >= 11 is 6.39. The van der Waals surface area contributed by atoms with Gasteiger partial charge in [0, 0.05) is 17.0 Å². The van der Waals surface area contributed by atoms with Gasteiger partial charge in [-0.15, -0.1) is 11.6 Å². The van der Waals surface area contributed by atoms with Crippen molar-refractivity contribution in [3.05, 3.63) is 42.1 Å². The van der Waals surface area contributed by atoms with E-state index in [9.17, 15) is 0 Å². The van der Waals surface area contributed by atoms with Crippen LogP contribution in [0.2, 0.25) is 0 Å². The molecule has 0 amide bonds. The van der Waals surface area contributed by atoms with Gasteiger partial charge in [-0.05, 0) is 36.5 Å². The minimum atomic E-state index is 0.209. The molecule has 1 aromatic carbocycles. The number of nitrogens with zero attached hydrogens (tertiary/aromatic N) is 1. The van der Waals surface area contributed by atoms with Gasteiger partial charge in [0.25, 0.3) is 0 Å². The van der Waals surface area contributed by atoms with Gasteiger partial charge in [0.05, 0.1) is 5.52 Å². The molecule has 0 aliphatic heterocycles. The summed E-state index contributed by atoms with van der Waals surface area (Å²) in [6, 6.07) is 10.3. The van der Waals surface area contributed by atoms with E-state index >= 15 is 0 Å². The predicted octanol–water partition coefficient (Wildman–Crippen LogP) is 4.43. The maximum atomic E-state index is 6.39. The van der Waals surface area contributed by atoms with E-state index in [-0.39, 0.29) is 5.38 Å². The fourth-order valence-electron chi connectivity index (χ4n) is 2.17. The van der Waals surface area contributed by atoms with E-state index in [1.165, 1.54) is 10.9 Å². The van der Waals surface area contributed by atoms with Crippen molar-refractivity contribution in [3.8, 4) is 0 Å². The zero-order chi connectivity index (χ0) is 12.3. The van der Waals surface area contributed by atoms with E-state index in [0.717, 1.165) is 18.4 Å². The summed E-state index contributed by atoms with van der Waals surface area (Å²) in [5.41, 5.74) is 2.36. The SMILES string of the molecule is CC(C)CC(Cl)Cc1ccnc2ccccc12. The maximum absolute atomic E-state index is 6.39. The Hall–Kier alpha value is -1.08. The van der Waals surface area contributed by atoms with Crippen LogP contribution in [0.15, 0.2) is 36.5 Å². The summed E-state index contributed by atoms with van der Waals surface area (Å²) in [4.78, 5) is 4.37. The molecule has 1 unspecified atom stereocenters. The Kier molecular flexibility index (Phi) is 4.01. The van der Waals surface area contributed by atoms with E-state index < -0.39 is 0 Å². The molecule has 0 fully saturated rings. The first-order chi connectivity index (χ1) is 8.16. The normalized spacial score (nSPS) is 13.2. The molecule has 0 N–H and O–H groups in total. The Morgan fingerprint density at radius 1 is 1.18 bits per heavy atom. The summed E-state index contributed by atoms with van der Waals surface area (Å²) in [6.07, 6.45) is 3.84. The van der Waals surface area contributed by atoms with Crippen molar-refractivity contribution in [2.45, 2.75) is 32.1 Å². The molecular weight excluding hydrogens is 230 g/mol.